The topological polar surface area (TPSA) is 143 Å². The van der Waals surface area contributed by atoms with Gasteiger partial charge in [-0.15, -0.1) is 4.90 Å². The average molecular weight is 531 g/mol. The molecule has 0 bridgehead atoms. The summed E-state index contributed by atoms with van der Waals surface area (Å²) in [6.07, 6.45) is -2.68. The molecule has 1 heterocycles. The number of benzene rings is 1. The number of hydrogen-bond acceptors (Lipinski definition) is 9. The third-order valence-electron chi connectivity index (χ3n) is 5.08. The van der Waals surface area contributed by atoms with E-state index in [1.54, 1.807) is 68.4 Å². The second kappa shape index (κ2) is 9.73. The molecule has 2 amide bonds. The van der Waals surface area contributed by atoms with Crippen molar-refractivity contribution in [2.45, 2.75) is 92.0 Å². The summed E-state index contributed by atoms with van der Waals surface area (Å²) >= 11 is 0. The quantitative estimate of drug-likeness (QED) is 0.259. The van der Waals surface area contributed by atoms with Crippen molar-refractivity contribution in [3.05, 3.63) is 39.6 Å². The highest BCUT2D eigenvalue weighted by atomic mass is 16.6. The van der Waals surface area contributed by atoms with E-state index in [0.717, 1.165) is 4.57 Å². The van der Waals surface area contributed by atoms with Gasteiger partial charge in [0.25, 0.3) is 5.69 Å². The lowest BCUT2D eigenvalue weighted by Crippen LogP contribution is -2.45. The summed E-state index contributed by atoms with van der Waals surface area (Å²) in [5, 5.41) is 11.7. The molecule has 0 unspecified atom stereocenters. The number of nitrogens with zero attached hydrogens (tertiary/aromatic N) is 4. The number of aromatic nitrogens is 2. The predicted octanol–water partition coefficient (Wildman–Crippen LogP) is 6.02. The summed E-state index contributed by atoms with van der Waals surface area (Å²) in [5.74, 6) is -0.396. The van der Waals surface area contributed by atoms with Crippen molar-refractivity contribution >= 4 is 29.9 Å². The Morgan fingerprint density at radius 2 is 1.42 bits per heavy atom. The van der Waals surface area contributed by atoms with Gasteiger partial charge in [0, 0.05) is 17.2 Å². The molecule has 3 rings (SSSR count). The standard InChI is InChI=1S/C26H34N4O8/c1-24(2,3)36-21(31)28-19-16-11-10-12-18(30(34)35)15(16)13-14-17(19)27-20(28)29(22(32)37-25(4,5)6)23(33)38-26(7,8)9/h10-12H,13-14H2,1-9H3. The molecule has 0 spiro atoms. The molecular weight excluding hydrogens is 496 g/mol. The van der Waals surface area contributed by atoms with Crippen LogP contribution >= 0.6 is 0 Å². The van der Waals surface area contributed by atoms with E-state index in [4.69, 9.17) is 14.2 Å². The van der Waals surface area contributed by atoms with Gasteiger partial charge in [-0.1, -0.05) is 12.1 Å². The number of hydrogen-bond donors (Lipinski definition) is 0. The highest BCUT2D eigenvalue weighted by Crippen LogP contribution is 2.41. The van der Waals surface area contributed by atoms with Crippen molar-refractivity contribution in [3.8, 4) is 11.3 Å². The lowest BCUT2D eigenvalue weighted by molar-refractivity contribution is -0.385. The minimum absolute atomic E-state index is 0.109. The zero-order valence-electron chi connectivity index (χ0n) is 23.2. The molecule has 1 aliphatic carbocycles. The number of amides is 2. The maximum atomic E-state index is 13.6. The van der Waals surface area contributed by atoms with Crippen molar-refractivity contribution in [1.82, 2.24) is 9.55 Å². The molecule has 1 aromatic heterocycles. The number of ether oxygens (including phenoxy) is 3. The van der Waals surface area contributed by atoms with Crippen LogP contribution in [0.4, 0.5) is 26.0 Å². The highest BCUT2D eigenvalue weighted by Gasteiger charge is 2.41. The Bertz CT molecular complexity index is 1260. The zero-order valence-corrected chi connectivity index (χ0v) is 23.2. The van der Waals surface area contributed by atoms with Crippen LogP contribution in [-0.4, -0.2) is 49.6 Å². The van der Waals surface area contributed by atoms with Crippen LogP contribution in [-0.2, 0) is 27.1 Å². The van der Waals surface area contributed by atoms with Crippen LogP contribution in [0.5, 0.6) is 0 Å². The summed E-state index contributed by atoms with van der Waals surface area (Å²) in [7, 11) is 0. The van der Waals surface area contributed by atoms with E-state index >= 15 is 0 Å². The van der Waals surface area contributed by atoms with Gasteiger partial charge in [-0.2, -0.15) is 0 Å². The van der Waals surface area contributed by atoms with Crippen molar-refractivity contribution in [2.24, 2.45) is 0 Å². The number of aryl methyl sites for hydroxylation is 1. The molecule has 1 aromatic carbocycles. The molecule has 206 valence electrons. The van der Waals surface area contributed by atoms with Crippen LogP contribution in [0.1, 0.15) is 73.6 Å². The average Bonchev–Trinajstić information content (AvgIpc) is 3.08. The summed E-state index contributed by atoms with van der Waals surface area (Å²) in [6.45, 7) is 14.7. The first kappa shape index (κ1) is 28.6. The van der Waals surface area contributed by atoms with E-state index in [1.165, 1.54) is 12.1 Å². The van der Waals surface area contributed by atoms with Gasteiger partial charge in [0.2, 0.25) is 5.95 Å². The number of nitro groups is 1. The fourth-order valence-electron chi connectivity index (χ4n) is 3.86. The van der Waals surface area contributed by atoms with Gasteiger partial charge in [0.05, 0.1) is 16.3 Å². The van der Waals surface area contributed by atoms with Crippen LogP contribution in [0.2, 0.25) is 0 Å². The first-order valence-corrected chi connectivity index (χ1v) is 12.2. The maximum absolute atomic E-state index is 13.6. The molecule has 0 saturated heterocycles. The van der Waals surface area contributed by atoms with Crippen LogP contribution in [0.3, 0.4) is 0 Å². The van der Waals surface area contributed by atoms with Gasteiger partial charge in [-0.3, -0.25) is 10.1 Å². The summed E-state index contributed by atoms with van der Waals surface area (Å²) in [5.41, 5.74) is -1.72. The molecule has 2 aromatic rings. The third-order valence-corrected chi connectivity index (χ3v) is 5.08. The van der Waals surface area contributed by atoms with E-state index < -0.39 is 46.0 Å². The van der Waals surface area contributed by atoms with Crippen molar-refractivity contribution < 1.29 is 33.5 Å². The first-order chi connectivity index (χ1) is 17.3. The van der Waals surface area contributed by atoms with Gasteiger partial charge >= 0.3 is 18.3 Å². The Morgan fingerprint density at radius 3 is 1.89 bits per heavy atom. The lowest BCUT2D eigenvalue weighted by atomic mass is 9.91. The van der Waals surface area contributed by atoms with Crippen LogP contribution in [0, 0.1) is 10.1 Å². The largest absolute Gasteiger partial charge is 0.443 e. The van der Waals surface area contributed by atoms with E-state index in [1.807, 2.05) is 0 Å². The molecule has 0 saturated carbocycles. The third kappa shape index (κ3) is 6.29. The molecule has 0 radical (unpaired) electrons. The van der Waals surface area contributed by atoms with Crippen LogP contribution in [0.25, 0.3) is 11.3 Å². The number of imide groups is 1. The van der Waals surface area contributed by atoms with Crippen LogP contribution in [0.15, 0.2) is 18.2 Å². The second-order valence-corrected chi connectivity index (χ2v) is 11.9. The Balaban J connectivity index is 2.33. The molecule has 0 atom stereocenters. The normalized spacial score (nSPS) is 13.2. The molecule has 12 heteroatoms. The van der Waals surface area contributed by atoms with Crippen LogP contribution < -0.4 is 4.90 Å². The summed E-state index contributed by atoms with van der Waals surface area (Å²) in [4.78, 5) is 56.6. The van der Waals surface area contributed by atoms with Crippen molar-refractivity contribution in [1.29, 1.82) is 0 Å². The number of anilines is 1. The number of rotatable bonds is 2. The van der Waals surface area contributed by atoms with E-state index in [2.05, 4.69) is 4.98 Å². The predicted molar refractivity (Wildman–Crippen MR) is 138 cm³/mol. The number of fused-ring (bicyclic) bond motifs is 3. The summed E-state index contributed by atoms with van der Waals surface area (Å²) in [6, 6.07) is 4.50. The molecule has 38 heavy (non-hydrogen) atoms. The minimum atomic E-state index is -1.11. The van der Waals surface area contributed by atoms with Gasteiger partial charge < -0.3 is 14.2 Å². The molecule has 0 N–H and O–H groups in total. The summed E-state index contributed by atoms with van der Waals surface area (Å²) < 4.78 is 17.5. The SMILES string of the molecule is CC(C)(C)OC(=O)N(C(=O)OC(C)(C)C)c1nc2c(n1C(=O)OC(C)(C)C)-c1cccc([N+](=O)[O-])c1CC2. The van der Waals surface area contributed by atoms with E-state index in [-0.39, 0.29) is 24.2 Å². The fraction of sp³-hybridized carbons (Fsp3) is 0.538. The van der Waals surface area contributed by atoms with E-state index in [0.29, 0.717) is 21.7 Å². The Kier molecular flexibility index (Phi) is 7.33. The molecule has 1 aliphatic rings. The smallest absolute Gasteiger partial charge is 0.427 e. The van der Waals surface area contributed by atoms with Gasteiger partial charge in [0.1, 0.15) is 16.8 Å². The van der Waals surface area contributed by atoms with Crippen molar-refractivity contribution in [2.75, 3.05) is 4.90 Å². The monoisotopic (exact) mass is 530 g/mol. The number of carbonyl (C=O) groups excluding carboxylic acids is 3. The second-order valence-electron chi connectivity index (χ2n) is 11.9. The van der Waals surface area contributed by atoms with Crippen molar-refractivity contribution in [3.63, 3.8) is 0 Å². The number of nitro benzene ring substituents is 1. The first-order valence-electron chi connectivity index (χ1n) is 12.2. The Labute approximate surface area is 221 Å². The minimum Gasteiger partial charge on any atom is -0.443 e. The number of carbonyl (C=O) groups is 3. The molecule has 12 nitrogen and oxygen atoms in total. The lowest BCUT2D eigenvalue weighted by Gasteiger charge is -2.28. The maximum Gasteiger partial charge on any atom is 0.427 e. The van der Waals surface area contributed by atoms with E-state index in [9.17, 15) is 24.5 Å². The van der Waals surface area contributed by atoms with Gasteiger partial charge in [-0.05, 0) is 75.2 Å². The highest BCUT2D eigenvalue weighted by molar-refractivity contribution is 6.09. The zero-order chi connectivity index (χ0) is 28.8. The Hall–Kier alpha value is -3.96. The van der Waals surface area contributed by atoms with Gasteiger partial charge in [0.15, 0.2) is 0 Å². The molecular formula is C26H34N4O8. The molecule has 0 aliphatic heterocycles. The Morgan fingerprint density at radius 1 is 0.895 bits per heavy atom. The fourth-order valence-corrected chi connectivity index (χ4v) is 3.86. The number of imidazole rings is 1. The van der Waals surface area contributed by atoms with Gasteiger partial charge in [-0.25, -0.2) is 23.9 Å². The molecule has 0 fully saturated rings.